The third-order valence-electron chi connectivity index (χ3n) is 9.75. The van der Waals surface area contributed by atoms with Crippen molar-refractivity contribution in [3.63, 3.8) is 0 Å². The fourth-order valence-electron chi connectivity index (χ4n) is 6.21. The van der Waals surface area contributed by atoms with Crippen molar-refractivity contribution in [2.45, 2.75) is 226 Å². The Bertz CT molecular complexity index is 851. The minimum Gasteiger partial charge on any atom is -0.465 e. The first-order valence-electron chi connectivity index (χ1n) is 21.8. The topological polar surface area (TPSA) is 93.7 Å². The van der Waals surface area contributed by atoms with Crippen LogP contribution in [-0.4, -0.2) is 43.8 Å². The number of rotatable bonds is 36. The lowest BCUT2D eigenvalue weighted by molar-refractivity contribution is -0.158. The van der Waals surface area contributed by atoms with Crippen molar-refractivity contribution in [1.82, 2.24) is 10.6 Å². The molecule has 51 heavy (non-hydrogen) atoms. The molecule has 0 saturated carbocycles. The van der Waals surface area contributed by atoms with E-state index in [2.05, 4.69) is 43.2 Å². The second-order valence-electron chi connectivity index (χ2n) is 14.7. The average Bonchev–Trinajstić information content (AvgIpc) is 3.12. The largest absolute Gasteiger partial charge is 0.465 e. The molecule has 298 valence electrons. The van der Waals surface area contributed by atoms with E-state index < -0.39 is 11.9 Å². The summed E-state index contributed by atoms with van der Waals surface area (Å²) >= 11 is 0. The smallest absolute Gasteiger partial charge is 0.317 e. The van der Waals surface area contributed by atoms with E-state index in [1.807, 2.05) is 6.92 Å². The van der Waals surface area contributed by atoms with E-state index in [9.17, 15) is 14.4 Å². The van der Waals surface area contributed by atoms with Gasteiger partial charge >= 0.3 is 18.0 Å². The van der Waals surface area contributed by atoms with E-state index in [4.69, 9.17) is 9.47 Å². The summed E-state index contributed by atoms with van der Waals surface area (Å²) in [5, 5.41) is 5.84. The Morgan fingerprint density at radius 1 is 0.529 bits per heavy atom. The lowest BCUT2D eigenvalue weighted by atomic mass is 10.0. The normalized spacial score (nSPS) is 11.5. The van der Waals surface area contributed by atoms with Gasteiger partial charge < -0.3 is 20.1 Å². The number of nitrogens with one attached hydrogen (secondary N) is 2. The second kappa shape index (κ2) is 39.0. The molecule has 0 fully saturated rings. The van der Waals surface area contributed by atoms with Gasteiger partial charge in [-0.3, -0.25) is 9.59 Å². The minimum absolute atomic E-state index is 0.0101. The zero-order valence-corrected chi connectivity index (χ0v) is 34.0. The molecule has 0 aromatic carbocycles. The van der Waals surface area contributed by atoms with Crippen LogP contribution in [0.5, 0.6) is 0 Å². The first kappa shape index (κ1) is 48.8. The van der Waals surface area contributed by atoms with Gasteiger partial charge in [-0.05, 0) is 51.4 Å². The van der Waals surface area contributed by atoms with Crippen LogP contribution in [-0.2, 0) is 19.1 Å². The Balaban J connectivity index is 4.07. The maximum Gasteiger partial charge on any atom is 0.317 e. The Morgan fingerprint density at radius 2 is 0.980 bits per heavy atom. The van der Waals surface area contributed by atoms with Gasteiger partial charge in [-0.15, -0.1) is 11.8 Å². The molecule has 0 bridgehead atoms. The molecule has 0 aromatic rings. The van der Waals surface area contributed by atoms with Gasteiger partial charge in [0.05, 0.1) is 6.61 Å². The number of esters is 2. The highest BCUT2D eigenvalue weighted by Gasteiger charge is 2.19. The third kappa shape index (κ3) is 35.9. The van der Waals surface area contributed by atoms with Gasteiger partial charge in [0.25, 0.3) is 0 Å². The second-order valence-corrected chi connectivity index (χ2v) is 14.7. The highest BCUT2D eigenvalue weighted by molar-refractivity contribution is 5.91. The summed E-state index contributed by atoms with van der Waals surface area (Å²) in [5.41, 5.74) is 0. The molecule has 1 unspecified atom stereocenters. The van der Waals surface area contributed by atoms with Gasteiger partial charge in [0.2, 0.25) is 0 Å². The van der Waals surface area contributed by atoms with E-state index in [0.29, 0.717) is 13.1 Å². The van der Waals surface area contributed by atoms with Gasteiger partial charge in [0.15, 0.2) is 0 Å². The SMILES string of the molecule is CCCCCCCCC#CCCCCCCCCNC(=O)NCC(CC)COC(=O)CC(=O)OC(CCCCCCCC)CCCCCCCC. The number of carbonyl (C=O) groups excluding carboxylic acids is 3. The summed E-state index contributed by atoms with van der Waals surface area (Å²) in [6.07, 6.45) is 33.3. The van der Waals surface area contributed by atoms with Gasteiger partial charge in [-0.2, -0.15) is 0 Å². The highest BCUT2D eigenvalue weighted by Crippen LogP contribution is 2.18. The molecule has 2 amide bonds. The van der Waals surface area contributed by atoms with E-state index >= 15 is 0 Å². The van der Waals surface area contributed by atoms with Crippen LogP contribution >= 0.6 is 0 Å². The monoisotopic (exact) mass is 719 g/mol. The standard InChI is InChI=1S/C44H82N2O5/c1-5-9-12-15-18-19-20-21-22-23-24-25-26-27-30-33-36-45-44(49)46-38-40(8-4)39-50-42(47)37-43(48)51-41(34-31-28-16-13-10-6-2)35-32-29-17-14-11-7-3/h40-41H,5-20,23-39H2,1-4H3,(H2,45,46,49). The van der Waals surface area contributed by atoms with Gasteiger partial charge in [0.1, 0.15) is 12.5 Å². The highest BCUT2D eigenvalue weighted by atomic mass is 16.6. The number of carbonyl (C=O) groups is 3. The van der Waals surface area contributed by atoms with E-state index in [1.54, 1.807) is 0 Å². The number of unbranched alkanes of at least 4 members (excludes halogenated alkanes) is 22. The van der Waals surface area contributed by atoms with Crippen LogP contribution in [0.4, 0.5) is 4.79 Å². The molecule has 0 spiro atoms. The summed E-state index contributed by atoms with van der Waals surface area (Å²) in [6, 6.07) is -0.190. The van der Waals surface area contributed by atoms with Crippen molar-refractivity contribution >= 4 is 18.0 Å². The number of ether oxygens (including phenoxy) is 2. The molecule has 0 saturated heterocycles. The molecule has 0 rings (SSSR count). The first-order chi connectivity index (χ1) is 25.0. The van der Waals surface area contributed by atoms with Gasteiger partial charge in [-0.1, -0.05) is 150 Å². The lowest BCUT2D eigenvalue weighted by Crippen LogP contribution is -2.39. The van der Waals surface area contributed by atoms with Crippen molar-refractivity contribution in [3.05, 3.63) is 0 Å². The number of hydrogen-bond donors (Lipinski definition) is 2. The molecule has 0 aliphatic rings. The van der Waals surface area contributed by atoms with E-state index in [-0.39, 0.29) is 31.1 Å². The van der Waals surface area contributed by atoms with E-state index in [1.165, 1.54) is 116 Å². The van der Waals surface area contributed by atoms with Crippen molar-refractivity contribution in [2.75, 3.05) is 19.7 Å². The van der Waals surface area contributed by atoms with Crippen LogP contribution < -0.4 is 10.6 Å². The lowest BCUT2D eigenvalue weighted by Gasteiger charge is -2.19. The zero-order chi connectivity index (χ0) is 37.5. The fraction of sp³-hybridized carbons (Fsp3) is 0.886. The summed E-state index contributed by atoms with van der Waals surface area (Å²) in [6.45, 7) is 9.95. The maximum absolute atomic E-state index is 12.6. The van der Waals surface area contributed by atoms with Gasteiger partial charge in [-0.25, -0.2) is 4.79 Å². The number of urea groups is 1. The summed E-state index contributed by atoms with van der Waals surface area (Å²) in [4.78, 5) is 37.4. The molecule has 0 heterocycles. The molecule has 0 aliphatic heterocycles. The number of hydrogen-bond acceptors (Lipinski definition) is 5. The fourth-order valence-corrected chi connectivity index (χ4v) is 6.21. The summed E-state index contributed by atoms with van der Waals surface area (Å²) < 4.78 is 11.2. The first-order valence-corrected chi connectivity index (χ1v) is 21.8. The summed E-state index contributed by atoms with van der Waals surface area (Å²) in [7, 11) is 0. The summed E-state index contributed by atoms with van der Waals surface area (Å²) in [5.74, 6) is 5.61. The van der Waals surface area contributed by atoms with Crippen molar-refractivity contribution in [1.29, 1.82) is 0 Å². The van der Waals surface area contributed by atoms with Crippen LogP contribution in [0.1, 0.15) is 220 Å². The molecule has 0 radical (unpaired) electrons. The molecule has 0 aliphatic carbocycles. The Labute approximate surface area is 315 Å². The van der Waals surface area contributed by atoms with Crippen LogP contribution in [0.15, 0.2) is 0 Å². The predicted octanol–water partition coefficient (Wildman–Crippen LogP) is 12.1. The molecular formula is C44H82N2O5. The van der Waals surface area contributed by atoms with Crippen LogP contribution in [0.3, 0.4) is 0 Å². The molecule has 0 aromatic heterocycles. The minimum atomic E-state index is -0.558. The number of amides is 2. The molecule has 2 N–H and O–H groups in total. The van der Waals surface area contributed by atoms with Gasteiger partial charge in [0, 0.05) is 31.8 Å². The van der Waals surface area contributed by atoms with Crippen LogP contribution in [0.25, 0.3) is 0 Å². The van der Waals surface area contributed by atoms with Crippen LogP contribution in [0.2, 0.25) is 0 Å². The van der Waals surface area contributed by atoms with E-state index in [0.717, 1.165) is 70.6 Å². The molecule has 7 nitrogen and oxygen atoms in total. The molecular weight excluding hydrogens is 636 g/mol. The quantitative estimate of drug-likeness (QED) is 0.0291. The van der Waals surface area contributed by atoms with Crippen molar-refractivity contribution in [2.24, 2.45) is 5.92 Å². The predicted molar refractivity (Wildman–Crippen MR) is 215 cm³/mol. The third-order valence-corrected chi connectivity index (χ3v) is 9.75. The van der Waals surface area contributed by atoms with Crippen molar-refractivity contribution in [3.8, 4) is 11.8 Å². The molecule has 1 atom stereocenters. The van der Waals surface area contributed by atoms with Crippen molar-refractivity contribution < 1.29 is 23.9 Å². The Morgan fingerprint density at radius 3 is 1.47 bits per heavy atom. The Hall–Kier alpha value is -2.23. The molecule has 7 heteroatoms. The Kier molecular flexibility index (Phi) is 37.3. The average molecular weight is 719 g/mol. The maximum atomic E-state index is 12.6. The van der Waals surface area contributed by atoms with Crippen LogP contribution in [0, 0.1) is 17.8 Å². The zero-order valence-electron chi connectivity index (χ0n) is 34.0.